The van der Waals surface area contributed by atoms with Crippen molar-refractivity contribution < 1.29 is 22.6 Å². The van der Waals surface area contributed by atoms with Gasteiger partial charge in [-0.2, -0.15) is 0 Å². The van der Waals surface area contributed by atoms with Crippen LogP contribution in [0.25, 0.3) is 28.1 Å². The van der Waals surface area contributed by atoms with Crippen molar-refractivity contribution in [3.05, 3.63) is 95.4 Å². The van der Waals surface area contributed by atoms with Gasteiger partial charge in [0.25, 0.3) is 0 Å². The molecule has 1 aliphatic rings. The average molecular weight is 435 g/mol. The van der Waals surface area contributed by atoms with Crippen molar-refractivity contribution in [1.82, 2.24) is 4.57 Å². The lowest BCUT2D eigenvalue weighted by molar-refractivity contribution is -0.274. The largest absolute Gasteiger partial charge is 0.573 e. The van der Waals surface area contributed by atoms with Gasteiger partial charge < -0.3 is 14.0 Å². The number of aromatic nitrogens is 1. The standard InChI is InChI=1S/C26H20F3NO2/c1-17-2-4-18(5-3-17)15-30-24-11-8-20(14-23(24)22-12-13-31-16-25(22)30)19-6-9-21(10-7-19)32-26(27,28)29/h2-14H,15-16H2,1H3. The molecule has 4 aromatic rings. The monoisotopic (exact) mass is 435 g/mol. The molecular formula is C26H20F3NO2. The fraction of sp³-hybridized carbons (Fsp3) is 0.154. The molecule has 0 spiro atoms. The van der Waals surface area contributed by atoms with Crippen molar-refractivity contribution in [2.75, 3.05) is 0 Å². The predicted molar refractivity (Wildman–Crippen MR) is 118 cm³/mol. The summed E-state index contributed by atoms with van der Waals surface area (Å²) in [6, 6.07) is 20.5. The highest BCUT2D eigenvalue weighted by atomic mass is 19.4. The molecule has 1 aliphatic heterocycles. The third kappa shape index (κ3) is 3.96. The van der Waals surface area contributed by atoms with Crippen LogP contribution in [0.1, 0.15) is 22.4 Å². The lowest BCUT2D eigenvalue weighted by Crippen LogP contribution is -2.16. The van der Waals surface area contributed by atoms with E-state index in [-0.39, 0.29) is 5.75 Å². The number of halogens is 3. The lowest BCUT2D eigenvalue weighted by atomic mass is 10.0. The topological polar surface area (TPSA) is 23.4 Å². The molecule has 0 amide bonds. The van der Waals surface area contributed by atoms with E-state index in [1.165, 1.54) is 23.3 Å². The maximum atomic E-state index is 12.4. The van der Waals surface area contributed by atoms with Crippen LogP contribution in [0.2, 0.25) is 0 Å². The first-order valence-electron chi connectivity index (χ1n) is 10.2. The van der Waals surface area contributed by atoms with Crippen molar-refractivity contribution in [2.24, 2.45) is 0 Å². The zero-order valence-electron chi connectivity index (χ0n) is 17.3. The van der Waals surface area contributed by atoms with Gasteiger partial charge in [-0.1, -0.05) is 48.0 Å². The van der Waals surface area contributed by atoms with E-state index in [0.717, 1.165) is 39.8 Å². The number of fused-ring (bicyclic) bond motifs is 3. The minimum Gasteiger partial charge on any atom is -0.495 e. The number of ether oxygens (including phenoxy) is 2. The van der Waals surface area contributed by atoms with Gasteiger partial charge in [0.05, 0.1) is 12.0 Å². The summed E-state index contributed by atoms with van der Waals surface area (Å²) in [6.07, 6.45) is -1.03. The number of rotatable bonds is 4. The molecule has 3 aromatic carbocycles. The summed E-state index contributed by atoms with van der Waals surface area (Å²) in [5.41, 5.74) is 7.46. The van der Waals surface area contributed by atoms with Crippen LogP contribution in [-0.4, -0.2) is 10.9 Å². The number of nitrogens with zero attached hydrogens (tertiary/aromatic N) is 1. The van der Waals surface area contributed by atoms with E-state index in [4.69, 9.17) is 4.74 Å². The normalized spacial score (nSPS) is 13.1. The fourth-order valence-electron chi connectivity index (χ4n) is 4.10. The van der Waals surface area contributed by atoms with Crippen molar-refractivity contribution >= 4 is 17.0 Å². The zero-order chi connectivity index (χ0) is 22.3. The van der Waals surface area contributed by atoms with Gasteiger partial charge in [0.2, 0.25) is 0 Å². The SMILES string of the molecule is Cc1ccc(Cn2c3c(c4cc(-c5ccc(OC(F)(F)F)cc5)ccc42)C=COC3)cc1. The lowest BCUT2D eigenvalue weighted by Gasteiger charge is -2.14. The summed E-state index contributed by atoms with van der Waals surface area (Å²) in [7, 11) is 0. The van der Waals surface area contributed by atoms with E-state index < -0.39 is 6.36 Å². The van der Waals surface area contributed by atoms with Gasteiger partial charge in [0.1, 0.15) is 12.4 Å². The van der Waals surface area contributed by atoms with Crippen LogP contribution in [-0.2, 0) is 17.9 Å². The second-order valence-electron chi connectivity index (χ2n) is 7.85. The quantitative estimate of drug-likeness (QED) is 0.342. The Kier molecular flexibility index (Phi) is 4.93. The maximum absolute atomic E-state index is 12.4. The third-order valence-corrected chi connectivity index (χ3v) is 5.65. The van der Waals surface area contributed by atoms with Crippen LogP contribution in [0.5, 0.6) is 5.75 Å². The first-order valence-corrected chi connectivity index (χ1v) is 10.2. The third-order valence-electron chi connectivity index (χ3n) is 5.65. The fourth-order valence-corrected chi connectivity index (χ4v) is 4.10. The summed E-state index contributed by atoms with van der Waals surface area (Å²) in [6.45, 7) is 3.29. The summed E-state index contributed by atoms with van der Waals surface area (Å²) in [5.74, 6) is -0.232. The van der Waals surface area contributed by atoms with Crippen molar-refractivity contribution in [2.45, 2.75) is 26.4 Å². The van der Waals surface area contributed by atoms with E-state index in [1.54, 1.807) is 18.4 Å². The van der Waals surface area contributed by atoms with E-state index in [1.807, 2.05) is 12.1 Å². The Labute approximate surface area is 183 Å². The first-order chi connectivity index (χ1) is 15.4. The minimum atomic E-state index is -4.70. The highest BCUT2D eigenvalue weighted by Crippen LogP contribution is 2.35. The smallest absolute Gasteiger partial charge is 0.495 e. The molecule has 0 unspecified atom stereocenters. The molecule has 0 radical (unpaired) electrons. The highest BCUT2D eigenvalue weighted by molar-refractivity contribution is 5.94. The molecule has 162 valence electrons. The number of hydrogen-bond acceptors (Lipinski definition) is 2. The minimum absolute atomic E-state index is 0.232. The highest BCUT2D eigenvalue weighted by Gasteiger charge is 2.31. The Morgan fingerprint density at radius 2 is 1.66 bits per heavy atom. The van der Waals surface area contributed by atoms with E-state index in [9.17, 15) is 13.2 Å². The molecular weight excluding hydrogens is 415 g/mol. The molecule has 0 saturated carbocycles. The molecule has 32 heavy (non-hydrogen) atoms. The van der Waals surface area contributed by atoms with Gasteiger partial charge in [-0.3, -0.25) is 0 Å². The van der Waals surface area contributed by atoms with E-state index >= 15 is 0 Å². The van der Waals surface area contributed by atoms with Gasteiger partial charge in [0.15, 0.2) is 0 Å². The molecule has 3 nitrogen and oxygen atoms in total. The molecule has 0 atom stereocenters. The Bertz CT molecular complexity index is 1300. The Hall–Kier alpha value is -3.67. The second-order valence-corrected chi connectivity index (χ2v) is 7.85. The molecule has 2 heterocycles. The van der Waals surface area contributed by atoms with Crippen molar-refractivity contribution in [1.29, 1.82) is 0 Å². The van der Waals surface area contributed by atoms with Gasteiger partial charge in [0, 0.05) is 23.0 Å². The molecule has 0 bridgehead atoms. The maximum Gasteiger partial charge on any atom is 0.573 e. The van der Waals surface area contributed by atoms with Crippen LogP contribution < -0.4 is 4.74 Å². The Balaban J connectivity index is 1.54. The molecule has 0 fully saturated rings. The molecule has 5 rings (SSSR count). The number of hydrogen-bond donors (Lipinski definition) is 0. The van der Waals surface area contributed by atoms with Gasteiger partial charge in [-0.05, 0) is 54.0 Å². The summed E-state index contributed by atoms with van der Waals surface area (Å²) in [4.78, 5) is 0. The molecule has 0 aliphatic carbocycles. The predicted octanol–water partition coefficient (Wildman–Crippen LogP) is 7.06. The molecule has 6 heteroatoms. The summed E-state index contributed by atoms with van der Waals surface area (Å²) >= 11 is 0. The molecule has 0 N–H and O–H groups in total. The Morgan fingerprint density at radius 3 is 2.38 bits per heavy atom. The van der Waals surface area contributed by atoms with Crippen molar-refractivity contribution in [3.63, 3.8) is 0 Å². The van der Waals surface area contributed by atoms with Crippen LogP contribution >= 0.6 is 0 Å². The van der Waals surface area contributed by atoms with Gasteiger partial charge in [-0.25, -0.2) is 0 Å². The van der Waals surface area contributed by atoms with Crippen LogP contribution in [0.15, 0.2) is 73.0 Å². The van der Waals surface area contributed by atoms with Crippen LogP contribution in [0.4, 0.5) is 13.2 Å². The van der Waals surface area contributed by atoms with E-state index in [2.05, 4.69) is 52.6 Å². The van der Waals surface area contributed by atoms with Gasteiger partial charge in [-0.15, -0.1) is 13.2 Å². The van der Waals surface area contributed by atoms with Gasteiger partial charge >= 0.3 is 6.36 Å². The van der Waals surface area contributed by atoms with Crippen LogP contribution in [0.3, 0.4) is 0 Å². The molecule has 0 saturated heterocycles. The average Bonchev–Trinajstić information content (AvgIpc) is 3.08. The number of aryl methyl sites for hydroxylation is 1. The summed E-state index contributed by atoms with van der Waals surface area (Å²) in [5, 5.41) is 1.08. The number of benzene rings is 3. The van der Waals surface area contributed by atoms with E-state index in [0.29, 0.717) is 6.61 Å². The van der Waals surface area contributed by atoms with Crippen LogP contribution in [0, 0.1) is 6.92 Å². The summed E-state index contributed by atoms with van der Waals surface area (Å²) < 4.78 is 49.1. The molecule has 1 aromatic heterocycles. The first kappa shape index (κ1) is 20.2. The zero-order valence-corrected chi connectivity index (χ0v) is 17.3. The Morgan fingerprint density at radius 1 is 0.938 bits per heavy atom. The number of alkyl halides is 3. The second kappa shape index (κ2) is 7.79. The van der Waals surface area contributed by atoms with Crippen molar-refractivity contribution in [3.8, 4) is 16.9 Å².